The van der Waals surface area contributed by atoms with Crippen molar-refractivity contribution in [3.63, 3.8) is 0 Å². The summed E-state index contributed by atoms with van der Waals surface area (Å²) in [4.78, 5) is 38.8. The van der Waals surface area contributed by atoms with Crippen LogP contribution < -0.4 is 10.6 Å². The normalized spacial score (nSPS) is 11.7. The van der Waals surface area contributed by atoms with E-state index >= 15 is 0 Å². The molecule has 0 saturated heterocycles. The largest absolute Gasteiger partial charge is 0.340 e. The van der Waals surface area contributed by atoms with Crippen molar-refractivity contribution in [3.8, 4) is 0 Å². The maximum Gasteiger partial charge on any atom is 0.254 e. The number of nitrogens with zero attached hydrogens (tertiary/aromatic N) is 1. The third kappa shape index (κ3) is 5.93. The second kappa shape index (κ2) is 10.4. The van der Waals surface area contributed by atoms with E-state index in [-0.39, 0.29) is 33.8 Å². The van der Waals surface area contributed by atoms with Gasteiger partial charge in [0.1, 0.15) is 11.9 Å². The molecule has 6 nitrogen and oxygen atoms in total. The van der Waals surface area contributed by atoms with E-state index in [4.69, 9.17) is 23.2 Å². The van der Waals surface area contributed by atoms with Gasteiger partial charge < -0.3 is 15.5 Å². The summed E-state index contributed by atoms with van der Waals surface area (Å²) >= 11 is 12.1. The molecule has 1 atom stereocenters. The smallest absolute Gasteiger partial charge is 0.254 e. The Balaban J connectivity index is 2.06. The Morgan fingerprint density at radius 1 is 1.03 bits per heavy atom. The minimum atomic E-state index is -0.946. The van der Waals surface area contributed by atoms with Crippen molar-refractivity contribution >= 4 is 46.6 Å². The van der Waals surface area contributed by atoms with Crippen molar-refractivity contribution in [3.05, 3.63) is 63.9 Å². The predicted molar refractivity (Wildman–Crippen MR) is 115 cm³/mol. The van der Waals surface area contributed by atoms with Gasteiger partial charge in [-0.3, -0.25) is 14.4 Å². The van der Waals surface area contributed by atoms with E-state index < -0.39 is 29.6 Å². The van der Waals surface area contributed by atoms with E-state index in [1.807, 2.05) is 0 Å². The van der Waals surface area contributed by atoms with E-state index in [1.165, 1.54) is 30.1 Å². The van der Waals surface area contributed by atoms with E-state index in [0.717, 1.165) is 6.07 Å². The number of halogens is 3. The van der Waals surface area contributed by atoms with Gasteiger partial charge in [-0.2, -0.15) is 0 Å². The summed E-state index contributed by atoms with van der Waals surface area (Å²) < 4.78 is 13.9. The molecule has 0 aliphatic carbocycles. The molecule has 0 saturated carbocycles. The van der Waals surface area contributed by atoms with Crippen molar-refractivity contribution in [1.29, 1.82) is 0 Å². The van der Waals surface area contributed by atoms with Crippen molar-refractivity contribution in [1.82, 2.24) is 10.2 Å². The lowest BCUT2D eigenvalue weighted by atomic mass is 10.0. The predicted octanol–water partition coefficient (Wildman–Crippen LogP) is 3.98. The molecule has 0 aliphatic heterocycles. The van der Waals surface area contributed by atoms with Crippen LogP contribution in [-0.4, -0.2) is 42.3 Å². The van der Waals surface area contributed by atoms with Gasteiger partial charge in [0.25, 0.3) is 5.91 Å². The maximum absolute atomic E-state index is 13.9. The van der Waals surface area contributed by atoms with Crippen molar-refractivity contribution in [2.45, 2.75) is 19.9 Å². The van der Waals surface area contributed by atoms with Gasteiger partial charge in [-0.15, -0.1) is 0 Å². The Bertz CT molecular complexity index is 933. The summed E-state index contributed by atoms with van der Waals surface area (Å²) in [5.74, 6) is -2.69. The molecule has 2 rings (SSSR count). The molecule has 9 heteroatoms. The summed E-state index contributed by atoms with van der Waals surface area (Å²) in [6, 6.07) is 9.33. The molecule has 3 amide bonds. The van der Waals surface area contributed by atoms with E-state index in [2.05, 4.69) is 10.6 Å². The van der Waals surface area contributed by atoms with Gasteiger partial charge in [-0.1, -0.05) is 55.2 Å². The highest BCUT2D eigenvalue weighted by molar-refractivity contribution is 6.39. The molecule has 160 valence electrons. The van der Waals surface area contributed by atoms with Crippen LogP contribution in [0.5, 0.6) is 0 Å². The van der Waals surface area contributed by atoms with Crippen molar-refractivity contribution in [2.24, 2.45) is 5.92 Å². The van der Waals surface area contributed by atoms with E-state index in [1.54, 1.807) is 32.0 Å². The molecule has 0 bridgehead atoms. The zero-order chi connectivity index (χ0) is 22.4. The Morgan fingerprint density at radius 2 is 1.63 bits per heavy atom. The number of amides is 3. The van der Waals surface area contributed by atoms with Crippen molar-refractivity contribution < 1.29 is 18.8 Å². The van der Waals surface area contributed by atoms with Crippen LogP contribution in [0.25, 0.3) is 0 Å². The number of carbonyl (C=O) groups excluding carboxylic acids is 3. The molecule has 2 N–H and O–H groups in total. The highest BCUT2D eigenvalue weighted by atomic mass is 35.5. The Labute approximate surface area is 184 Å². The molecule has 30 heavy (non-hydrogen) atoms. The van der Waals surface area contributed by atoms with Gasteiger partial charge in [0.2, 0.25) is 11.8 Å². The minimum Gasteiger partial charge on any atom is -0.340 e. The summed E-state index contributed by atoms with van der Waals surface area (Å²) in [5.41, 5.74) is 0.0876. The number of hydrogen-bond acceptors (Lipinski definition) is 3. The average Bonchev–Trinajstić information content (AvgIpc) is 2.68. The van der Waals surface area contributed by atoms with Crippen LogP contribution in [0.2, 0.25) is 10.0 Å². The second-order valence-corrected chi connectivity index (χ2v) is 7.83. The first-order valence-electron chi connectivity index (χ1n) is 9.16. The van der Waals surface area contributed by atoms with Gasteiger partial charge in [-0.25, -0.2) is 4.39 Å². The lowest BCUT2D eigenvalue weighted by Crippen LogP contribution is -2.51. The number of para-hydroxylation sites is 1. The highest BCUT2D eigenvalue weighted by Crippen LogP contribution is 2.29. The highest BCUT2D eigenvalue weighted by Gasteiger charge is 2.29. The lowest BCUT2D eigenvalue weighted by molar-refractivity contribution is -0.135. The number of likely N-dealkylation sites (N-methyl/N-ethyl adjacent to an activating group) is 1. The maximum atomic E-state index is 13.9. The number of benzene rings is 2. The summed E-state index contributed by atoms with van der Waals surface area (Å²) in [6.45, 7) is 3.18. The Morgan fingerprint density at radius 3 is 2.20 bits per heavy atom. The molecule has 2 aromatic carbocycles. The van der Waals surface area contributed by atoms with Crippen LogP contribution in [0.1, 0.15) is 24.2 Å². The number of nitrogens with one attached hydrogen (secondary N) is 2. The fourth-order valence-corrected chi connectivity index (χ4v) is 3.20. The van der Waals surface area contributed by atoms with Gasteiger partial charge in [0.15, 0.2) is 0 Å². The molecule has 0 aromatic heterocycles. The monoisotopic (exact) mass is 453 g/mol. The number of anilines is 1. The molecule has 1 unspecified atom stereocenters. The quantitative estimate of drug-likeness (QED) is 0.665. The molecular formula is C21H22Cl2FN3O3. The standard InChI is InChI=1S/C21H22Cl2FN3O3/c1-12(2)18(26-20(29)13-7-4-5-10-16(13)24)21(30)27(3)11-17(28)25-19-14(22)8-6-9-15(19)23/h4-10,12,18H,11H2,1-3H3,(H,25,28)(H,26,29). The molecular weight excluding hydrogens is 432 g/mol. The molecule has 0 radical (unpaired) electrons. The fraction of sp³-hybridized carbons (Fsp3) is 0.286. The SMILES string of the molecule is CC(C)C(NC(=O)c1ccccc1F)C(=O)N(C)CC(=O)Nc1c(Cl)cccc1Cl. The van der Waals surface area contributed by atoms with Crippen LogP contribution in [-0.2, 0) is 9.59 Å². The summed E-state index contributed by atoms with van der Waals surface area (Å²) in [6.07, 6.45) is 0. The minimum absolute atomic E-state index is 0.162. The van der Waals surface area contributed by atoms with Gasteiger partial charge in [0.05, 0.1) is 27.8 Å². The average molecular weight is 454 g/mol. The molecule has 0 heterocycles. The first-order chi connectivity index (χ1) is 14.1. The number of hydrogen-bond donors (Lipinski definition) is 2. The van der Waals surface area contributed by atoms with Crippen LogP contribution in [0, 0.1) is 11.7 Å². The number of carbonyl (C=O) groups is 3. The van der Waals surface area contributed by atoms with Crippen LogP contribution in [0.3, 0.4) is 0 Å². The zero-order valence-electron chi connectivity index (χ0n) is 16.7. The third-order valence-corrected chi connectivity index (χ3v) is 4.95. The second-order valence-electron chi connectivity index (χ2n) is 7.01. The van der Waals surface area contributed by atoms with Gasteiger partial charge in [-0.05, 0) is 30.2 Å². The molecule has 2 aromatic rings. The van der Waals surface area contributed by atoms with Crippen LogP contribution in [0.4, 0.5) is 10.1 Å². The Hall–Kier alpha value is -2.64. The lowest BCUT2D eigenvalue weighted by Gasteiger charge is -2.27. The van der Waals surface area contributed by atoms with E-state index in [0.29, 0.717) is 0 Å². The van der Waals surface area contributed by atoms with Gasteiger partial charge >= 0.3 is 0 Å². The first kappa shape index (κ1) is 23.6. The zero-order valence-corrected chi connectivity index (χ0v) is 18.2. The fourth-order valence-electron chi connectivity index (χ4n) is 2.70. The topological polar surface area (TPSA) is 78.5 Å². The first-order valence-corrected chi connectivity index (χ1v) is 9.91. The molecule has 0 spiro atoms. The number of rotatable bonds is 7. The van der Waals surface area contributed by atoms with Crippen LogP contribution in [0.15, 0.2) is 42.5 Å². The molecule has 0 aliphatic rings. The third-order valence-electron chi connectivity index (χ3n) is 4.32. The summed E-state index contributed by atoms with van der Waals surface area (Å²) in [5, 5.41) is 5.66. The van der Waals surface area contributed by atoms with Gasteiger partial charge in [0, 0.05) is 7.05 Å². The van der Waals surface area contributed by atoms with Crippen molar-refractivity contribution in [2.75, 3.05) is 18.9 Å². The van der Waals surface area contributed by atoms with Crippen LogP contribution >= 0.6 is 23.2 Å². The van der Waals surface area contributed by atoms with E-state index in [9.17, 15) is 18.8 Å². The molecule has 0 fully saturated rings. The summed E-state index contributed by atoms with van der Waals surface area (Å²) in [7, 11) is 1.43. The Kier molecular flexibility index (Phi) is 8.20.